The van der Waals surface area contributed by atoms with Gasteiger partial charge >= 0.3 is 0 Å². The first kappa shape index (κ1) is 21.7. The van der Waals surface area contributed by atoms with Crippen LogP contribution in [0.4, 0.5) is 0 Å². The highest BCUT2D eigenvalue weighted by Gasteiger charge is 2.05. The van der Waals surface area contributed by atoms with Gasteiger partial charge in [-0.3, -0.25) is 14.8 Å². The molecule has 0 aliphatic heterocycles. The monoisotopic (exact) mass is 469 g/mol. The molecular weight excluding hydrogens is 445 g/mol. The third-order valence-corrected chi connectivity index (χ3v) is 3.49. The number of halogens is 1. The van der Waals surface area contributed by atoms with Gasteiger partial charge in [0.15, 0.2) is 5.96 Å². The smallest absolute Gasteiger partial charge is 0.252 e. The third-order valence-electron chi connectivity index (χ3n) is 3.49. The Bertz CT molecular complexity index is 710. The van der Waals surface area contributed by atoms with Gasteiger partial charge < -0.3 is 20.7 Å². The van der Waals surface area contributed by atoms with Gasteiger partial charge in [-0.25, -0.2) is 0 Å². The standard InChI is InChI=1S/C18H23N5O2.HI/c1-19-18(23-13-14-6-3-4-8-16(14)25-2)22-11-10-21-17(24)15-7-5-9-20-12-15;/h3-9,12H,10-11,13H2,1-2H3,(H,21,24)(H2,19,22,23);1H. The Morgan fingerprint density at radius 2 is 1.88 bits per heavy atom. The number of rotatable bonds is 7. The number of benzene rings is 1. The fourth-order valence-corrected chi connectivity index (χ4v) is 2.20. The summed E-state index contributed by atoms with van der Waals surface area (Å²) in [6.45, 7) is 1.62. The molecule has 1 amide bonds. The number of hydrogen-bond acceptors (Lipinski definition) is 4. The maximum Gasteiger partial charge on any atom is 0.252 e. The van der Waals surface area contributed by atoms with Crippen LogP contribution in [-0.2, 0) is 6.54 Å². The molecule has 0 atom stereocenters. The summed E-state index contributed by atoms with van der Waals surface area (Å²) in [5, 5.41) is 9.19. The predicted octanol–water partition coefficient (Wildman–Crippen LogP) is 1.80. The number of ether oxygens (including phenoxy) is 1. The Morgan fingerprint density at radius 3 is 2.58 bits per heavy atom. The van der Waals surface area contributed by atoms with E-state index in [1.165, 1.54) is 6.20 Å². The van der Waals surface area contributed by atoms with Gasteiger partial charge in [0.05, 0.1) is 12.7 Å². The summed E-state index contributed by atoms with van der Waals surface area (Å²) in [5.41, 5.74) is 1.58. The van der Waals surface area contributed by atoms with E-state index in [0.29, 0.717) is 31.2 Å². The first-order chi connectivity index (χ1) is 12.2. The van der Waals surface area contributed by atoms with Crippen molar-refractivity contribution >= 4 is 35.8 Å². The molecule has 2 rings (SSSR count). The lowest BCUT2D eigenvalue weighted by Crippen LogP contribution is -2.41. The largest absolute Gasteiger partial charge is 0.496 e. The number of amides is 1. The van der Waals surface area contributed by atoms with E-state index in [0.717, 1.165) is 11.3 Å². The van der Waals surface area contributed by atoms with Gasteiger partial charge in [-0.05, 0) is 18.2 Å². The molecule has 8 heteroatoms. The molecule has 0 radical (unpaired) electrons. The van der Waals surface area contributed by atoms with Crippen molar-refractivity contribution in [1.82, 2.24) is 20.9 Å². The predicted molar refractivity (Wildman–Crippen MR) is 113 cm³/mol. The van der Waals surface area contributed by atoms with Crippen LogP contribution in [0.25, 0.3) is 0 Å². The highest BCUT2D eigenvalue weighted by atomic mass is 127. The number of guanidine groups is 1. The van der Waals surface area contributed by atoms with Crippen LogP contribution in [0.1, 0.15) is 15.9 Å². The van der Waals surface area contributed by atoms with Crippen molar-refractivity contribution in [2.45, 2.75) is 6.54 Å². The van der Waals surface area contributed by atoms with Crippen molar-refractivity contribution in [3.05, 3.63) is 59.9 Å². The van der Waals surface area contributed by atoms with E-state index >= 15 is 0 Å². The molecule has 0 saturated carbocycles. The van der Waals surface area contributed by atoms with Crippen LogP contribution in [0.2, 0.25) is 0 Å². The van der Waals surface area contributed by atoms with E-state index in [1.807, 2.05) is 24.3 Å². The topological polar surface area (TPSA) is 87.6 Å². The molecule has 26 heavy (non-hydrogen) atoms. The lowest BCUT2D eigenvalue weighted by molar-refractivity contribution is 0.0954. The van der Waals surface area contributed by atoms with Gasteiger partial charge in [0.25, 0.3) is 5.91 Å². The summed E-state index contributed by atoms with van der Waals surface area (Å²) in [7, 11) is 3.35. The molecular formula is C18H24IN5O2. The zero-order valence-electron chi connectivity index (χ0n) is 14.9. The number of nitrogens with one attached hydrogen (secondary N) is 3. The molecule has 0 aliphatic carbocycles. The van der Waals surface area contributed by atoms with Gasteiger partial charge in [-0.15, -0.1) is 24.0 Å². The van der Waals surface area contributed by atoms with Gasteiger partial charge in [0.2, 0.25) is 0 Å². The van der Waals surface area contributed by atoms with Crippen molar-refractivity contribution in [2.24, 2.45) is 4.99 Å². The van der Waals surface area contributed by atoms with Crippen LogP contribution < -0.4 is 20.7 Å². The zero-order valence-corrected chi connectivity index (χ0v) is 17.2. The van der Waals surface area contributed by atoms with E-state index in [2.05, 4.69) is 25.9 Å². The van der Waals surface area contributed by atoms with E-state index in [1.54, 1.807) is 32.5 Å². The van der Waals surface area contributed by atoms with Crippen molar-refractivity contribution in [2.75, 3.05) is 27.2 Å². The highest BCUT2D eigenvalue weighted by molar-refractivity contribution is 14.0. The van der Waals surface area contributed by atoms with Crippen LogP contribution in [0.5, 0.6) is 5.75 Å². The SMILES string of the molecule is CN=C(NCCNC(=O)c1cccnc1)NCc1ccccc1OC.I. The van der Waals surface area contributed by atoms with Crippen LogP contribution in [0.15, 0.2) is 53.8 Å². The highest BCUT2D eigenvalue weighted by Crippen LogP contribution is 2.16. The van der Waals surface area contributed by atoms with Crippen LogP contribution >= 0.6 is 24.0 Å². The quantitative estimate of drug-likeness (QED) is 0.249. The Morgan fingerprint density at radius 1 is 1.12 bits per heavy atom. The second kappa shape index (κ2) is 12.1. The fraction of sp³-hybridized carbons (Fsp3) is 0.278. The summed E-state index contributed by atoms with van der Waals surface area (Å²) in [6.07, 6.45) is 3.17. The van der Waals surface area contributed by atoms with Gasteiger partial charge in [-0.2, -0.15) is 0 Å². The second-order valence-corrected chi connectivity index (χ2v) is 5.16. The first-order valence-corrected chi connectivity index (χ1v) is 7.99. The Hall–Kier alpha value is -2.36. The molecule has 0 unspecified atom stereocenters. The maximum atomic E-state index is 11.9. The molecule has 1 aromatic heterocycles. The summed E-state index contributed by atoms with van der Waals surface area (Å²) in [4.78, 5) is 20.0. The second-order valence-electron chi connectivity index (χ2n) is 5.16. The molecule has 1 aromatic carbocycles. The minimum Gasteiger partial charge on any atom is -0.496 e. The minimum atomic E-state index is -0.146. The normalized spacial score (nSPS) is 10.5. The lowest BCUT2D eigenvalue weighted by Gasteiger charge is -2.14. The van der Waals surface area contributed by atoms with E-state index in [4.69, 9.17) is 4.74 Å². The minimum absolute atomic E-state index is 0. The number of pyridine rings is 1. The first-order valence-electron chi connectivity index (χ1n) is 7.99. The Kier molecular flexibility index (Phi) is 10.1. The maximum absolute atomic E-state index is 11.9. The van der Waals surface area contributed by atoms with E-state index in [9.17, 15) is 4.79 Å². The summed E-state index contributed by atoms with van der Waals surface area (Å²) in [5.74, 6) is 1.34. The molecule has 140 valence electrons. The number of methoxy groups -OCH3 is 1. The van der Waals surface area contributed by atoms with Crippen molar-refractivity contribution < 1.29 is 9.53 Å². The number of para-hydroxylation sites is 1. The molecule has 0 saturated heterocycles. The fourth-order valence-electron chi connectivity index (χ4n) is 2.20. The average molecular weight is 469 g/mol. The molecule has 3 N–H and O–H groups in total. The number of carbonyl (C=O) groups is 1. The van der Waals surface area contributed by atoms with Crippen molar-refractivity contribution in [3.63, 3.8) is 0 Å². The van der Waals surface area contributed by atoms with E-state index < -0.39 is 0 Å². The lowest BCUT2D eigenvalue weighted by atomic mass is 10.2. The van der Waals surface area contributed by atoms with Crippen LogP contribution in [0.3, 0.4) is 0 Å². The van der Waals surface area contributed by atoms with Crippen LogP contribution in [0, 0.1) is 0 Å². The van der Waals surface area contributed by atoms with Gasteiger partial charge in [0.1, 0.15) is 5.75 Å². The number of hydrogen-bond donors (Lipinski definition) is 3. The molecule has 2 aromatic rings. The summed E-state index contributed by atoms with van der Waals surface area (Å²) < 4.78 is 5.33. The Balaban J connectivity index is 0.00000338. The molecule has 7 nitrogen and oxygen atoms in total. The molecule has 0 fully saturated rings. The zero-order chi connectivity index (χ0) is 17.9. The molecule has 1 heterocycles. The van der Waals surface area contributed by atoms with Crippen LogP contribution in [-0.4, -0.2) is 44.1 Å². The number of nitrogens with zero attached hydrogens (tertiary/aromatic N) is 2. The number of aliphatic imine (C=N–C) groups is 1. The van der Waals surface area contributed by atoms with Gasteiger partial charge in [-0.1, -0.05) is 18.2 Å². The summed E-state index contributed by atoms with van der Waals surface area (Å²) in [6, 6.07) is 11.3. The number of carbonyl (C=O) groups excluding carboxylic acids is 1. The average Bonchev–Trinajstić information content (AvgIpc) is 2.68. The molecule has 0 spiro atoms. The van der Waals surface area contributed by atoms with E-state index in [-0.39, 0.29) is 29.9 Å². The molecule has 0 aliphatic rings. The Labute approximate surface area is 170 Å². The van der Waals surface area contributed by atoms with Crippen molar-refractivity contribution in [1.29, 1.82) is 0 Å². The van der Waals surface area contributed by atoms with Gasteiger partial charge in [0, 0.05) is 44.6 Å². The van der Waals surface area contributed by atoms with Crippen molar-refractivity contribution in [3.8, 4) is 5.75 Å². The molecule has 0 bridgehead atoms. The third kappa shape index (κ3) is 6.87. The summed E-state index contributed by atoms with van der Waals surface area (Å²) >= 11 is 0. The number of aromatic nitrogens is 1.